The van der Waals surface area contributed by atoms with Crippen LogP contribution in [-0.4, -0.2) is 27.1 Å². The summed E-state index contributed by atoms with van der Waals surface area (Å²) in [5.41, 5.74) is 0.719. The van der Waals surface area contributed by atoms with Gasteiger partial charge in [-0.25, -0.2) is 4.98 Å². The van der Waals surface area contributed by atoms with Crippen molar-refractivity contribution in [2.75, 3.05) is 11.6 Å². The quantitative estimate of drug-likeness (QED) is 0.343. The molecule has 8 nitrogen and oxygen atoms in total. The second-order valence-electron chi connectivity index (χ2n) is 5.11. The first-order valence-corrected chi connectivity index (χ1v) is 8.79. The zero-order chi connectivity index (χ0) is 18.6. The molecule has 0 bridgehead atoms. The summed E-state index contributed by atoms with van der Waals surface area (Å²) in [6, 6.07) is 4.00. The van der Waals surface area contributed by atoms with E-state index in [1.165, 1.54) is 30.0 Å². The van der Waals surface area contributed by atoms with E-state index in [1.807, 2.05) is 0 Å². The first-order valence-electron chi connectivity index (χ1n) is 7.19. The number of nitrogens with zero attached hydrogens (tertiary/aromatic N) is 2. The number of aromatic nitrogens is 2. The lowest BCUT2D eigenvalue weighted by Gasteiger charge is -2.07. The maximum atomic E-state index is 12.0. The van der Waals surface area contributed by atoms with Gasteiger partial charge in [-0.3, -0.25) is 19.7 Å². The zero-order valence-corrected chi connectivity index (χ0v) is 15.0. The summed E-state index contributed by atoms with van der Waals surface area (Å²) in [5, 5.41) is 13.9. The van der Waals surface area contributed by atoms with Crippen LogP contribution in [-0.2, 0) is 11.2 Å². The fraction of sp³-hybridized carbons (Fsp3) is 0.267. The molecular formula is C15H15ClN4O4S. The van der Waals surface area contributed by atoms with Crippen LogP contribution in [0.4, 0.5) is 11.4 Å². The summed E-state index contributed by atoms with van der Waals surface area (Å²) in [4.78, 5) is 41.2. The molecule has 1 aromatic heterocycles. The Labute approximate surface area is 152 Å². The van der Waals surface area contributed by atoms with Gasteiger partial charge in [-0.2, -0.15) is 0 Å². The summed E-state index contributed by atoms with van der Waals surface area (Å²) >= 11 is 7.05. The Hall–Kier alpha value is -2.39. The maximum Gasteiger partial charge on any atom is 0.289 e. The molecule has 1 aromatic carbocycles. The van der Waals surface area contributed by atoms with E-state index in [9.17, 15) is 19.7 Å². The van der Waals surface area contributed by atoms with Gasteiger partial charge in [0.15, 0.2) is 5.16 Å². The second kappa shape index (κ2) is 8.13. The Morgan fingerprint density at radius 3 is 2.80 bits per heavy atom. The molecule has 10 heteroatoms. The van der Waals surface area contributed by atoms with Crippen molar-refractivity contribution in [2.24, 2.45) is 0 Å². The first-order chi connectivity index (χ1) is 11.8. The highest BCUT2D eigenvalue weighted by Crippen LogP contribution is 2.27. The molecule has 25 heavy (non-hydrogen) atoms. The first kappa shape index (κ1) is 18.9. The number of anilines is 1. The van der Waals surface area contributed by atoms with E-state index >= 15 is 0 Å². The van der Waals surface area contributed by atoms with Crippen molar-refractivity contribution in [3.63, 3.8) is 0 Å². The number of nitro groups is 1. The summed E-state index contributed by atoms with van der Waals surface area (Å²) in [5.74, 6) is -0.371. The molecule has 2 N–H and O–H groups in total. The minimum Gasteiger partial charge on any atom is -0.326 e. The van der Waals surface area contributed by atoms with Crippen molar-refractivity contribution in [2.45, 2.75) is 24.9 Å². The highest BCUT2D eigenvalue weighted by atomic mass is 35.5. The topological polar surface area (TPSA) is 118 Å². The molecule has 2 aromatic rings. The number of H-pyrrole nitrogens is 1. The smallest absolute Gasteiger partial charge is 0.289 e. The molecule has 0 spiro atoms. The molecule has 0 saturated heterocycles. The van der Waals surface area contributed by atoms with Crippen LogP contribution in [0.1, 0.15) is 17.7 Å². The number of carbonyl (C=O) groups is 1. The third kappa shape index (κ3) is 4.80. The standard InChI is InChI=1S/C15H15ClN4O4S/c1-8-10(14(22)19-15(17-8)25-2)4-6-13(21)18-9-3-5-11(16)12(7-9)20(23)24/h3,5,7H,4,6H2,1-2H3,(H,18,21)(H,17,19,22). The summed E-state index contributed by atoms with van der Waals surface area (Å²) in [6.07, 6.45) is 2.06. The van der Waals surface area contributed by atoms with Crippen LogP contribution < -0.4 is 10.9 Å². The Morgan fingerprint density at radius 1 is 1.48 bits per heavy atom. The van der Waals surface area contributed by atoms with Crippen LogP contribution in [0.15, 0.2) is 28.2 Å². The number of benzene rings is 1. The molecule has 132 valence electrons. The molecule has 0 saturated carbocycles. The van der Waals surface area contributed by atoms with Gasteiger partial charge in [0.25, 0.3) is 11.2 Å². The number of hydrogen-bond acceptors (Lipinski definition) is 6. The fourth-order valence-corrected chi connectivity index (χ4v) is 2.78. The Bertz CT molecular complexity index is 884. The number of aromatic amines is 1. The van der Waals surface area contributed by atoms with Gasteiger partial charge in [0, 0.05) is 29.4 Å². The van der Waals surface area contributed by atoms with Crippen molar-refractivity contribution in [3.05, 3.63) is 54.9 Å². The molecule has 0 aliphatic carbocycles. The summed E-state index contributed by atoms with van der Waals surface area (Å²) in [7, 11) is 0. The Kier molecular flexibility index (Phi) is 6.16. The highest BCUT2D eigenvalue weighted by molar-refractivity contribution is 7.98. The predicted molar refractivity (Wildman–Crippen MR) is 96.4 cm³/mol. The normalized spacial score (nSPS) is 10.5. The third-order valence-corrected chi connectivity index (χ3v) is 4.32. The van der Waals surface area contributed by atoms with E-state index in [4.69, 9.17) is 11.6 Å². The number of hydrogen-bond donors (Lipinski definition) is 2. The van der Waals surface area contributed by atoms with Crippen LogP contribution in [0.3, 0.4) is 0 Å². The monoisotopic (exact) mass is 382 g/mol. The Balaban J connectivity index is 2.06. The average molecular weight is 383 g/mol. The fourth-order valence-electron chi connectivity index (χ4n) is 2.17. The lowest BCUT2D eigenvalue weighted by Crippen LogP contribution is -2.20. The van der Waals surface area contributed by atoms with Crippen molar-refractivity contribution < 1.29 is 9.72 Å². The minimum atomic E-state index is -0.625. The molecular weight excluding hydrogens is 368 g/mol. The average Bonchev–Trinajstić information content (AvgIpc) is 2.55. The summed E-state index contributed by atoms with van der Waals surface area (Å²) in [6.45, 7) is 1.71. The van der Waals surface area contributed by atoms with Crippen molar-refractivity contribution >= 4 is 40.6 Å². The van der Waals surface area contributed by atoms with Crippen LogP contribution in [0.25, 0.3) is 0 Å². The predicted octanol–water partition coefficient (Wildman–Crippen LogP) is 2.93. The van der Waals surface area contributed by atoms with Crippen molar-refractivity contribution in [1.29, 1.82) is 0 Å². The molecule has 1 amide bonds. The van der Waals surface area contributed by atoms with E-state index in [0.29, 0.717) is 16.4 Å². The number of thioether (sulfide) groups is 1. The van der Waals surface area contributed by atoms with Crippen LogP contribution in [0, 0.1) is 17.0 Å². The SMILES string of the molecule is CSc1nc(C)c(CCC(=O)Nc2ccc(Cl)c([N+](=O)[O-])c2)c(=O)[nH]1. The Morgan fingerprint density at radius 2 is 2.20 bits per heavy atom. The van der Waals surface area contributed by atoms with Crippen molar-refractivity contribution in [3.8, 4) is 0 Å². The molecule has 0 radical (unpaired) electrons. The van der Waals surface area contributed by atoms with Gasteiger partial charge in [0.2, 0.25) is 5.91 Å². The molecule has 1 heterocycles. The van der Waals surface area contributed by atoms with Crippen LogP contribution >= 0.6 is 23.4 Å². The lowest BCUT2D eigenvalue weighted by molar-refractivity contribution is -0.384. The highest BCUT2D eigenvalue weighted by Gasteiger charge is 2.15. The molecule has 2 rings (SSSR count). The number of amides is 1. The van der Waals surface area contributed by atoms with E-state index in [0.717, 1.165) is 0 Å². The van der Waals surface area contributed by atoms with Gasteiger partial charge < -0.3 is 10.3 Å². The van der Waals surface area contributed by atoms with Crippen molar-refractivity contribution in [1.82, 2.24) is 9.97 Å². The van der Waals surface area contributed by atoms with Gasteiger partial charge in [0.1, 0.15) is 5.02 Å². The van der Waals surface area contributed by atoms with E-state index in [-0.39, 0.29) is 40.7 Å². The van der Waals surface area contributed by atoms with E-state index in [2.05, 4.69) is 15.3 Å². The molecule has 0 aliphatic rings. The van der Waals surface area contributed by atoms with E-state index < -0.39 is 4.92 Å². The number of aryl methyl sites for hydroxylation is 1. The molecule has 0 atom stereocenters. The van der Waals surface area contributed by atoms with Gasteiger partial charge in [-0.1, -0.05) is 23.4 Å². The lowest BCUT2D eigenvalue weighted by atomic mass is 10.1. The third-order valence-electron chi connectivity index (χ3n) is 3.42. The number of halogens is 1. The van der Waals surface area contributed by atoms with Gasteiger partial charge in [-0.05, 0) is 31.7 Å². The van der Waals surface area contributed by atoms with Gasteiger partial charge in [0.05, 0.1) is 4.92 Å². The largest absolute Gasteiger partial charge is 0.326 e. The van der Waals surface area contributed by atoms with Gasteiger partial charge >= 0.3 is 0 Å². The maximum absolute atomic E-state index is 12.0. The zero-order valence-electron chi connectivity index (χ0n) is 13.5. The van der Waals surface area contributed by atoms with E-state index in [1.54, 1.807) is 13.2 Å². The molecule has 0 aliphatic heterocycles. The van der Waals surface area contributed by atoms with Crippen LogP contribution in [0.5, 0.6) is 0 Å². The number of nitrogens with one attached hydrogen (secondary N) is 2. The second-order valence-corrected chi connectivity index (χ2v) is 6.31. The number of rotatable bonds is 6. The minimum absolute atomic E-state index is 0.00915. The summed E-state index contributed by atoms with van der Waals surface area (Å²) < 4.78 is 0. The molecule has 0 unspecified atom stereocenters. The number of nitro benzene ring substituents is 1. The van der Waals surface area contributed by atoms with Gasteiger partial charge in [-0.15, -0.1) is 0 Å². The number of carbonyl (C=O) groups excluding carboxylic acids is 1. The van der Waals surface area contributed by atoms with Crippen LogP contribution in [0.2, 0.25) is 5.02 Å². The molecule has 0 fully saturated rings.